The summed E-state index contributed by atoms with van der Waals surface area (Å²) in [5.74, 6) is -2.61. The van der Waals surface area contributed by atoms with Crippen LogP contribution >= 0.6 is 23.2 Å². The molecular formula is C24H17Cl2N3O4. The average molecular weight is 482 g/mol. The van der Waals surface area contributed by atoms with E-state index in [-0.39, 0.29) is 33.2 Å². The van der Waals surface area contributed by atoms with Crippen molar-refractivity contribution in [3.63, 3.8) is 0 Å². The number of carbonyl (C=O) groups excluding carboxylic acids is 2. The summed E-state index contributed by atoms with van der Waals surface area (Å²) in [5.41, 5.74) is 7.50. The summed E-state index contributed by atoms with van der Waals surface area (Å²) >= 11 is 12.1. The van der Waals surface area contributed by atoms with E-state index in [4.69, 9.17) is 28.9 Å². The molecule has 3 aromatic rings. The number of primary amides is 1. The predicted molar refractivity (Wildman–Crippen MR) is 124 cm³/mol. The van der Waals surface area contributed by atoms with Crippen molar-refractivity contribution in [3.8, 4) is 17.2 Å². The highest BCUT2D eigenvalue weighted by atomic mass is 35.5. The fourth-order valence-corrected chi connectivity index (χ4v) is 3.92. The van der Waals surface area contributed by atoms with Crippen LogP contribution in [0.2, 0.25) is 10.0 Å². The minimum atomic E-state index is -1.25. The Morgan fingerprint density at radius 1 is 1.00 bits per heavy atom. The van der Waals surface area contributed by atoms with Crippen LogP contribution in [0.4, 0.5) is 0 Å². The standard InChI is InChI=1S/C24H17Cl2N3O4/c25-17-5-2-6-18(26)21(17)23(31)29-19(24(32)33)11-13-7-9-14(10-8-13)20-15(12-27)3-1-4-16(20)22(28)30/h1-10,19H,11H2,(H2,28,30)(H,29,31)(H,32,33)/t19-/m0/s1. The summed E-state index contributed by atoms with van der Waals surface area (Å²) in [7, 11) is 0. The zero-order chi connectivity index (χ0) is 24.1. The SMILES string of the molecule is N#Cc1cccc(C(N)=O)c1-c1ccc(C[C@H](NC(=O)c2c(Cl)cccc2Cl)C(=O)O)cc1. The monoisotopic (exact) mass is 481 g/mol. The van der Waals surface area contributed by atoms with Crippen LogP contribution in [0.25, 0.3) is 11.1 Å². The molecule has 9 heteroatoms. The molecule has 166 valence electrons. The van der Waals surface area contributed by atoms with Crippen LogP contribution in [0.1, 0.15) is 31.8 Å². The first-order valence-corrected chi connectivity index (χ1v) is 10.4. The zero-order valence-electron chi connectivity index (χ0n) is 17.0. The van der Waals surface area contributed by atoms with Gasteiger partial charge in [0, 0.05) is 17.5 Å². The van der Waals surface area contributed by atoms with Gasteiger partial charge in [0.25, 0.3) is 5.91 Å². The summed E-state index contributed by atoms with van der Waals surface area (Å²) in [4.78, 5) is 36.2. The Morgan fingerprint density at radius 2 is 1.61 bits per heavy atom. The lowest BCUT2D eigenvalue weighted by molar-refractivity contribution is -0.139. The molecule has 0 aromatic heterocycles. The molecule has 3 aromatic carbocycles. The van der Waals surface area contributed by atoms with Crippen molar-refractivity contribution in [2.24, 2.45) is 5.73 Å². The third-order valence-electron chi connectivity index (χ3n) is 4.93. The lowest BCUT2D eigenvalue weighted by Crippen LogP contribution is -2.42. The summed E-state index contributed by atoms with van der Waals surface area (Å²) in [6, 6.07) is 16.6. The van der Waals surface area contributed by atoms with Gasteiger partial charge in [-0.2, -0.15) is 5.26 Å². The molecule has 7 nitrogen and oxygen atoms in total. The summed E-state index contributed by atoms with van der Waals surface area (Å²) < 4.78 is 0. The van der Waals surface area contributed by atoms with Gasteiger partial charge in [-0.3, -0.25) is 9.59 Å². The molecule has 0 radical (unpaired) electrons. The molecule has 4 N–H and O–H groups in total. The lowest BCUT2D eigenvalue weighted by atomic mass is 9.93. The Balaban J connectivity index is 1.85. The first kappa shape index (κ1) is 23.8. The molecule has 0 fully saturated rings. The number of rotatable bonds is 7. The van der Waals surface area contributed by atoms with Crippen LogP contribution in [-0.2, 0) is 11.2 Å². The predicted octanol–water partition coefficient (Wildman–Crippen LogP) is 4.06. The molecule has 0 aliphatic rings. The fourth-order valence-electron chi connectivity index (χ4n) is 3.35. The molecule has 0 bridgehead atoms. The van der Waals surface area contributed by atoms with Gasteiger partial charge in [0.2, 0.25) is 5.91 Å². The molecule has 0 unspecified atom stereocenters. The third-order valence-corrected chi connectivity index (χ3v) is 5.56. The second kappa shape index (κ2) is 10.2. The number of benzene rings is 3. The van der Waals surface area contributed by atoms with Gasteiger partial charge < -0.3 is 16.2 Å². The highest BCUT2D eigenvalue weighted by Crippen LogP contribution is 2.28. The van der Waals surface area contributed by atoms with Crippen molar-refractivity contribution in [1.82, 2.24) is 5.32 Å². The van der Waals surface area contributed by atoms with Crippen molar-refractivity contribution in [3.05, 3.63) is 93.0 Å². The molecule has 33 heavy (non-hydrogen) atoms. The second-order valence-corrected chi connectivity index (χ2v) is 7.88. The molecule has 0 saturated carbocycles. The molecule has 1 atom stereocenters. The average Bonchev–Trinajstić information content (AvgIpc) is 2.78. The first-order valence-electron chi connectivity index (χ1n) is 9.62. The van der Waals surface area contributed by atoms with Gasteiger partial charge in [0.15, 0.2) is 0 Å². The number of halogens is 2. The number of aliphatic carboxylic acids is 1. The summed E-state index contributed by atoms with van der Waals surface area (Å²) in [6.45, 7) is 0. The molecule has 2 amide bonds. The number of nitriles is 1. The Kier molecular flexibility index (Phi) is 7.34. The van der Waals surface area contributed by atoms with Gasteiger partial charge in [-0.15, -0.1) is 0 Å². The van der Waals surface area contributed by atoms with E-state index in [0.717, 1.165) is 0 Å². The maximum Gasteiger partial charge on any atom is 0.326 e. The van der Waals surface area contributed by atoms with E-state index in [0.29, 0.717) is 16.7 Å². The van der Waals surface area contributed by atoms with Gasteiger partial charge in [-0.25, -0.2) is 4.79 Å². The maximum absolute atomic E-state index is 12.6. The van der Waals surface area contributed by atoms with Gasteiger partial charge in [0.1, 0.15) is 6.04 Å². The minimum Gasteiger partial charge on any atom is -0.480 e. The van der Waals surface area contributed by atoms with E-state index >= 15 is 0 Å². The van der Waals surface area contributed by atoms with Crippen LogP contribution in [0.15, 0.2) is 60.7 Å². The van der Waals surface area contributed by atoms with Crippen LogP contribution in [0.5, 0.6) is 0 Å². The van der Waals surface area contributed by atoms with Gasteiger partial charge in [0.05, 0.1) is 27.2 Å². The number of nitrogens with one attached hydrogen (secondary N) is 1. The Bertz CT molecular complexity index is 1260. The molecule has 3 rings (SSSR count). The minimum absolute atomic E-state index is 0.00507. The molecule has 0 heterocycles. The third kappa shape index (κ3) is 5.32. The summed E-state index contributed by atoms with van der Waals surface area (Å²) in [6.07, 6.45) is -0.0218. The van der Waals surface area contributed by atoms with E-state index in [1.54, 1.807) is 42.5 Å². The largest absolute Gasteiger partial charge is 0.480 e. The van der Waals surface area contributed by atoms with Crippen LogP contribution < -0.4 is 11.1 Å². The number of hydrogen-bond acceptors (Lipinski definition) is 4. The zero-order valence-corrected chi connectivity index (χ0v) is 18.5. The molecule has 0 aliphatic heterocycles. The van der Waals surface area contributed by atoms with E-state index in [1.807, 2.05) is 6.07 Å². The quantitative estimate of drug-likeness (QED) is 0.467. The van der Waals surface area contributed by atoms with Crippen molar-refractivity contribution in [2.75, 3.05) is 0 Å². The van der Waals surface area contributed by atoms with Crippen LogP contribution in [0, 0.1) is 11.3 Å². The highest BCUT2D eigenvalue weighted by molar-refractivity contribution is 6.39. The second-order valence-electron chi connectivity index (χ2n) is 7.07. The van der Waals surface area contributed by atoms with E-state index in [2.05, 4.69) is 5.32 Å². The molecule has 0 aliphatic carbocycles. The number of hydrogen-bond donors (Lipinski definition) is 3. The van der Waals surface area contributed by atoms with Crippen LogP contribution in [0.3, 0.4) is 0 Å². The van der Waals surface area contributed by atoms with Crippen molar-refractivity contribution >= 4 is 41.0 Å². The maximum atomic E-state index is 12.6. The van der Waals surface area contributed by atoms with E-state index < -0.39 is 23.8 Å². The fraction of sp³-hybridized carbons (Fsp3) is 0.0833. The number of nitrogens with zero attached hydrogens (tertiary/aromatic N) is 1. The lowest BCUT2D eigenvalue weighted by Gasteiger charge is -2.16. The molecular weight excluding hydrogens is 465 g/mol. The van der Waals surface area contributed by atoms with Crippen molar-refractivity contribution < 1.29 is 19.5 Å². The normalized spacial score (nSPS) is 11.3. The number of nitrogens with two attached hydrogens (primary N) is 1. The Morgan fingerprint density at radius 3 is 2.15 bits per heavy atom. The summed E-state index contributed by atoms with van der Waals surface area (Å²) in [5, 5.41) is 21.7. The molecule has 0 saturated heterocycles. The smallest absolute Gasteiger partial charge is 0.326 e. The van der Waals surface area contributed by atoms with Crippen molar-refractivity contribution in [1.29, 1.82) is 5.26 Å². The molecule has 0 spiro atoms. The number of carboxylic acid groups (broad SMARTS) is 1. The van der Waals surface area contributed by atoms with Crippen molar-refractivity contribution in [2.45, 2.75) is 12.5 Å². The van der Waals surface area contributed by atoms with Gasteiger partial charge in [-0.05, 0) is 35.4 Å². The Labute approximate surface area is 199 Å². The van der Waals surface area contributed by atoms with Gasteiger partial charge in [-0.1, -0.05) is 59.6 Å². The highest BCUT2D eigenvalue weighted by Gasteiger charge is 2.24. The van der Waals surface area contributed by atoms with Gasteiger partial charge >= 0.3 is 5.97 Å². The van der Waals surface area contributed by atoms with E-state index in [9.17, 15) is 24.8 Å². The topological polar surface area (TPSA) is 133 Å². The van der Waals surface area contributed by atoms with E-state index in [1.165, 1.54) is 18.2 Å². The Hall–Kier alpha value is -3.86. The van der Waals surface area contributed by atoms with Crippen LogP contribution in [-0.4, -0.2) is 28.9 Å². The number of carbonyl (C=O) groups is 3. The number of amides is 2. The first-order chi connectivity index (χ1) is 15.7. The number of carboxylic acids is 1.